The minimum Gasteiger partial charge on any atom is -0.354 e. The molecular formula is C12H15N9. The second-order valence-electron chi connectivity index (χ2n) is 4.26. The van der Waals surface area contributed by atoms with E-state index in [9.17, 15) is 0 Å². The molecule has 0 atom stereocenters. The van der Waals surface area contributed by atoms with E-state index in [0.717, 1.165) is 0 Å². The summed E-state index contributed by atoms with van der Waals surface area (Å²) in [4.78, 5) is 13.0. The molecule has 0 aliphatic rings. The molecular weight excluding hydrogens is 270 g/mol. The number of rotatable bonds is 5. The Labute approximate surface area is 121 Å². The summed E-state index contributed by atoms with van der Waals surface area (Å²) in [6.07, 6.45) is 5.28. The average Bonchev–Trinajstić information content (AvgIpc) is 3.11. The summed E-state index contributed by atoms with van der Waals surface area (Å²) < 4.78 is 3.27. The molecule has 3 aromatic heterocycles. The molecule has 0 fully saturated rings. The van der Waals surface area contributed by atoms with Crippen molar-refractivity contribution in [2.24, 2.45) is 7.05 Å². The third-order valence-electron chi connectivity index (χ3n) is 2.62. The van der Waals surface area contributed by atoms with Gasteiger partial charge in [0.05, 0.1) is 0 Å². The number of hydrogen-bond acceptors (Lipinski definition) is 7. The van der Waals surface area contributed by atoms with Gasteiger partial charge in [0.1, 0.15) is 0 Å². The number of hydrogen-bond donors (Lipinski definition) is 2. The lowest BCUT2D eigenvalue weighted by atomic mass is 10.6. The maximum atomic E-state index is 4.34. The van der Waals surface area contributed by atoms with Crippen molar-refractivity contribution in [2.75, 3.05) is 17.2 Å². The standard InChI is InChI=1S/C12H15N9/c1-3-13-10-16-11(15-9-5-8-20(2)19-9)18-12(17-10)21-7-4-6-14-21/h4-8H,3H2,1-2H3,(H2,13,15,16,17,18,19). The molecule has 0 aromatic carbocycles. The van der Waals surface area contributed by atoms with Gasteiger partial charge in [-0.15, -0.1) is 0 Å². The van der Waals surface area contributed by atoms with Crippen LogP contribution >= 0.6 is 0 Å². The second kappa shape index (κ2) is 5.57. The minimum absolute atomic E-state index is 0.408. The fourth-order valence-electron chi connectivity index (χ4n) is 1.74. The highest BCUT2D eigenvalue weighted by atomic mass is 15.4. The second-order valence-corrected chi connectivity index (χ2v) is 4.26. The van der Waals surface area contributed by atoms with E-state index in [4.69, 9.17) is 0 Å². The van der Waals surface area contributed by atoms with Crippen molar-refractivity contribution in [1.29, 1.82) is 0 Å². The first-order valence-corrected chi connectivity index (χ1v) is 6.51. The zero-order valence-corrected chi connectivity index (χ0v) is 11.7. The van der Waals surface area contributed by atoms with Gasteiger partial charge in [-0.05, 0) is 13.0 Å². The average molecular weight is 285 g/mol. The summed E-state index contributed by atoms with van der Waals surface area (Å²) in [5, 5.41) is 14.5. The fourth-order valence-corrected chi connectivity index (χ4v) is 1.74. The van der Waals surface area contributed by atoms with Crippen molar-refractivity contribution in [3.05, 3.63) is 30.7 Å². The molecule has 0 bridgehead atoms. The van der Waals surface area contributed by atoms with Crippen molar-refractivity contribution in [3.8, 4) is 5.95 Å². The first-order valence-electron chi connectivity index (χ1n) is 6.51. The summed E-state index contributed by atoms with van der Waals surface area (Å²) in [7, 11) is 1.85. The molecule has 0 aliphatic carbocycles. The van der Waals surface area contributed by atoms with Gasteiger partial charge in [-0.3, -0.25) is 4.68 Å². The molecule has 21 heavy (non-hydrogen) atoms. The highest BCUT2D eigenvalue weighted by Gasteiger charge is 2.09. The van der Waals surface area contributed by atoms with E-state index >= 15 is 0 Å². The van der Waals surface area contributed by atoms with Crippen LogP contribution in [0.4, 0.5) is 17.7 Å². The van der Waals surface area contributed by atoms with Gasteiger partial charge in [-0.2, -0.15) is 25.1 Å². The highest BCUT2D eigenvalue weighted by molar-refractivity contribution is 5.49. The Kier molecular flexibility index (Phi) is 3.46. The van der Waals surface area contributed by atoms with Gasteiger partial charge < -0.3 is 10.6 Å². The van der Waals surface area contributed by atoms with Crippen LogP contribution in [0.2, 0.25) is 0 Å². The van der Waals surface area contributed by atoms with Crippen LogP contribution in [0, 0.1) is 0 Å². The summed E-state index contributed by atoms with van der Waals surface area (Å²) in [5.41, 5.74) is 0. The van der Waals surface area contributed by atoms with Crippen molar-refractivity contribution in [2.45, 2.75) is 6.92 Å². The van der Waals surface area contributed by atoms with Crippen LogP contribution in [-0.2, 0) is 7.05 Å². The van der Waals surface area contributed by atoms with E-state index in [1.165, 1.54) is 0 Å². The SMILES string of the molecule is CCNc1nc(Nc2ccn(C)n2)nc(-n2cccn2)n1. The Morgan fingerprint density at radius 3 is 2.67 bits per heavy atom. The number of aryl methyl sites for hydroxylation is 1. The van der Waals surface area contributed by atoms with Crippen LogP contribution in [0.25, 0.3) is 5.95 Å². The van der Waals surface area contributed by atoms with E-state index in [0.29, 0.717) is 30.2 Å². The molecule has 2 N–H and O–H groups in total. The summed E-state index contributed by atoms with van der Waals surface area (Å²) in [6, 6.07) is 3.65. The molecule has 108 valence electrons. The summed E-state index contributed by atoms with van der Waals surface area (Å²) >= 11 is 0. The number of nitrogens with zero attached hydrogens (tertiary/aromatic N) is 7. The highest BCUT2D eigenvalue weighted by Crippen LogP contribution is 2.13. The lowest BCUT2D eigenvalue weighted by Crippen LogP contribution is -2.11. The molecule has 3 heterocycles. The maximum Gasteiger partial charge on any atom is 0.257 e. The topological polar surface area (TPSA) is 98.4 Å². The van der Waals surface area contributed by atoms with Crippen LogP contribution in [-0.4, -0.2) is 41.1 Å². The number of nitrogens with one attached hydrogen (secondary N) is 2. The Balaban J connectivity index is 1.95. The monoisotopic (exact) mass is 285 g/mol. The molecule has 0 amide bonds. The third-order valence-corrected chi connectivity index (χ3v) is 2.62. The van der Waals surface area contributed by atoms with Crippen molar-refractivity contribution < 1.29 is 0 Å². The first kappa shape index (κ1) is 13.0. The molecule has 0 unspecified atom stereocenters. The van der Waals surface area contributed by atoms with E-state index in [1.807, 2.05) is 32.3 Å². The first-order chi connectivity index (χ1) is 10.2. The van der Waals surface area contributed by atoms with Gasteiger partial charge in [0.2, 0.25) is 11.9 Å². The van der Waals surface area contributed by atoms with Crippen LogP contribution in [0.3, 0.4) is 0 Å². The lowest BCUT2D eigenvalue weighted by molar-refractivity contribution is 0.769. The van der Waals surface area contributed by atoms with E-state index < -0.39 is 0 Å². The zero-order valence-electron chi connectivity index (χ0n) is 11.7. The van der Waals surface area contributed by atoms with E-state index in [2.05, 4.69) is 35.8 Å². The molecule has 3 rings (SSSR count). The van der Waals surface area contributed by atoms with Crippen LogP contribution in [0.1, 0.15) is 6.92 Å². The third kappa shape index (κ3) is 2.96. The summed E-state index contributed by atoms with van der Waals surface area (Å²) in [6.45, 7) is 2.69. The molecule has 0 saturated carbocycles. The Hall–Kier alpha value is -2.97. The predicted octanol–water partition coefficient (Wildman–Crippen LogP) is 0.966. The quantitative estimate of drug-likeness (QED) is 0.720. The molecule has 9 nitrogen and oxygen atoms in total. The van der Waals surface area contributed by atoms with E-state index in [-0.39, 0.29) is 0 Å². The largest absolute Gasteiger partial charge is 0.354 e. The molecule has 0 saturated heterocycles. The predicted molar refractivity (Wildman–Crippen MR) is 77.6 cm³/mol. The summed E-state index contributed by atoms with van der Waals surface area (Å²) in [5.74, 6) is 1.99. The van der Waals surface area contributed by atoms with Gasteiger partial charge in [0, 0.05) is 38.2 Å². The smallest absolute Gasteiger partial charge is 0.257 e. The van der Waals surface area contributed by atoms with Crippen LogP contribution < -0.4 is 10.6 Å². The molecule has 0 aliphatic heterocycles. The molecule has 0 spiro atoms. The van der Waals surface area contributed by atoms with Gasteiger partial charge in [-0.25, -0.2) is 4.68 Å². The van der Waals surface area contributed by atoms with Crippen LogP contribution in [0.5, 0.6) is 0 Å². The molecule has 0 radical (unpaired) electrons. The van der Waals surface area contributed by atoms with Gasteiger partial charge >= 0.3 is 0 Å². The van der Waals surface area contributed by atoms with Gasteiger partial charge in [0.15, 0.2) is 5.82 Å². The van der Waals surface area contributed by atoms with Gasteiger partial charge in [-0.1, -0.05) is 0 Å². The Bertz CT molecular complexity index is 716. The molecule has 9 heteroatoms. The van der Waals surface area contributed by atoms with Gasteiger partial charge in [0.25, 0.3) is 5.95 Å². The van der Waals surface area contributed by atoms with Crippen molar-refractivity contribution in [1.82, 2.24) is 34.5 Å². The minimum atomic E-state index is 0.408. The van der Waals surface area contributed by atoms with Crippen LogP contribution in [0.15, 0.2) is 30.7 Å². The fraction of sp³-hybridized carbons (Fsp3) is 0.250. The normalized spacial score (nSPS) is 10.6. The molecule has 3 aromatic rings. The zero-order chi connectivity index (χ0) is 14.7. The number of anilines is 3. The number of aromatic nitrogens is 7. The van der Waals surface area contributed by atoms with E-state index in [1.54, 1.807) is 21.8 Å². The Morgan fingerprint density at radius 2 is 2.00 bits per heavy atom. The lowest BCUT2D eigenvalue weighted by Gasteiger charge is -2.07. The maximum absolute atomic E-state index is 4.34. The van der Waals surface area contributed by atoms with Crippen molar-refractivity contribution >= 4 is 17.7 Å². The Morgan fingerprint density at radius 1 is 1.14 bits per heavy atom. The van der Waals surface area contributed by atoms with Crippen molar-refractivity contribution in [3.63, 3.8) is 0 Å².